The van der Waals surface area contributed by atoms with Crippen molar-refractivity contribution in [3.8, 4) is 0 Å². The minimum absolute atomic E-state index is 0.240. The number of nitrogens with two attached hydrogens (primary N) is 1. The van der Waals surface area contributed by atoms with Crippen molar-refractivity contribution < 1.29 is 18.3 Å². The number of alkyl halides is 3. The van der Waals surface area contributed by atoms with E-state index in [9.17, 15) is 13.2 Å². The molecule has 1 aromatic carbocycles. The van der Waals surface area contributed by atoms with Crippen molar-refractivity contribution in [1.29, 1.82) is 0 Å². The third kappa shape index (κ3) is 3.21. The Bertz CT molecular complexity index is 363. The van der Waals surface area contributed by atoms with Crippen LogP contribution in [0.15, 0.2) is 18.2 Å². The maximum absolute atomic E-state index is 12.4. The number of halogens is 3. The van der Waals surface area contributed by atoms with Crippen LogP contribution in [0.25, 0.3) is 0 Å². The molecular formula is C11H14F3NO. The molecule has 3 N–H and O–H groups in total. The molecular weight excluding hydrogens is 219 g/mol. The predicted molar refractivity (Wildman–Crippen MR) is 54.9 cm³/mol. The van der Waals surface area contributed by atoms with Crippen LogP contribution in [0.5, 0.6) is 0 Å². The smallest absolute Gasteiger partial charge is 0.395 e. The van der Waals surface area contributed by atoms with E-state index in [4.69, 9.17) is 10.8 Å². The molecule has 2 nitrogen and oxygen atoms in total. The van der Waals surface area contributed by atoms with Gasteiger partial charge in [0.2, 0.25) is 0 Å². The van der Waals surface area contributed by atoms with Crippen LogP contribution in [0.1, 0.15) is 16.7 Å². The molecule has 1 aromatic rings. The van der Waals surface area contributed by atoms with Crippen molar-refractivity contribution in [2.45, 2.75) is 25.6 Å². The van der Waals surface area contributed by atoms with E-state index < -0.39 is 17.8 Å². The molecule has 16 heavy (non-hydrogen) atoms. The molecule has 0 aromatic heterocycles. The van der Waals surface area contributed by atoms with Gasteiger partial charge < -0.3 is 10.8 Å². The first-order valence-electron chi connectivity index (χ1n) is 4.87. The maximum atomic E-state index is 12.4. The van der Waals surface area contributed by atoms with Crippen LogP contribution in [-0.4, -0.2) is 17.8 Å². The molecule has 0 aliphatic rings. The lowest BCUT2D eigenvalue weighted by molar-refractivity contribution is -0.137. The second-order valence-corrected chi connectivity index (χ2v) is 3.79. The summed E-state index contributed by atoms with van der Waals surface area (Å²) in [7, 11) is 0. The van der Waals surface area contributed by atoms with E-state index in [1.54, 1.807) is 6.92 Å². The quantitative estimate of drug-likeness (QED) is 0.837. The highest BCUT2D eigenvalue weighted by Gasteiger charge is 2.30. The summed E-state index contributed by atoms with van der Waals surface area (Å²) in [6.45, 7) is 1.48. The van der Waals surface area contributed by atoms with Crippen molar-refractivity contribution in [2.24, 2.45) is 5.73 Å². The number of hydrogen-bond donors (Lipinski definition) is 2. The number of hydrogen-bond acceptors (Lipinski definition) is 2. The number of benzene rings is 1. The van der Waals surface area contributed by atoms with E-state index in [2.05, 4.69) is 0 Å². The van der Waals surface area contributed by atoms with E-state index in [1.807, 2.05) is 0 Å². The molecule has 0 bridgehead atoms. The van der Waals surface area contributed by atoms with Crippen molar-refractivity contribution in [3.05, 3.63) is 34.9 Å². The highest BCUT2D eigenvalue weighted by Crippen LogP contribution is 2.30. The molecule has 0 amide bonds. The van der Waals surface area contributed by atoms with Crippen LogP contribution in [0, 0.1) is 6.92 Å². The normalized spacial score (nSPS) is 13.9. The van der Waals surface area contributed by atoms with Gasteiger partial charge in [-0.3, -0.25) is 0 Å². The van der Waals surface area contributed by atoms with Crippen molar-refractivity contribution >= 4 is 0 Å². The summed E-state index contributed by atoms with van der Waals surface area (Å²) < 4.78 is 37.3. The van der Waals surface area contributed by atoms with Gasteiger partial charge in [0.15, 0.2) is 0 Å². The molecule has 0 heterocycles. The number of aryl methyl sites for hydroxylation is 1. The van der Waals surface area contributed by atoms with Crippen LogP contribution in [0.4, 0.5) is 13.2 Å². The molecule has 0 saturated carbocycles. The molecule has 1 unspecified atom stereocenters. The summed E-state index contributed by atoms with van der Waals surface area (Å²) in [5.74, 6) is 0. The first-order valence-corrected chi connectivity index (χ1v) is 4.87. The minimum atomic E-state index is -4.34. The third-order valence-corrected chi connectivity index (χ3v) is 2.39. The molecule has 0 fully saturated rings. The summed E-state index contributed by atoms with van der Waals surface area (Å²) in [5.41, 5.74) is 6.09. The maximum Gasteiger partial charge on any atom is 0.416 e. The van der Waals surface area contributed by atoms with E-state index in [0.29, 0.717) is 5.56 Å². The Morgan fingerprint density at radius 1 is 1.38 bits per heavy atom. The first-order chi connectivity index (χ1) is 7.34. The Balaban J connectivity index is 3.00. The summed E-state index contributed by atoms with van der Waals surface area (Å²) >= 11 is 0. The van der Waals surface area contributed by atoms with Gasteiger partial charge in [0.05, 0.1) is 12.2 Å². The predicted octanol–water partition coefficient (Wildman–Crippen LogP) is 1.88. The molecule has 0 aliphatic heterocycles. The van der Waals surface area contributed by atoms with Gasteiger partial charge in [-0.2, -0.15) is 13.2 Å². The Morgan fingerprint density at radius 3 is 2.50 bits per heavy atom. The van der Waals surface area contributed by atoms with Gasteiger partial charge in [-0.1, -0.05) is 6.07 Å². The van der Waals surface area contributed by atoms with E-state index in [1.165, 1.54) is 6.07 Å². The molecule has 1 atom stereocenters. The van der Waals surface area contributed by atoms with Gasteiger partial charge in [0.1, 0.15) is 0 Å². The fourth-order valence-electron chi connectivity index (χ4n) is 1.41. The highest BCUT2D eigenvalue weighted by molar-refractivity contribution is 5.33. The fourth-order valence-corrected chi connectivity index (χ4v) is 1.41. The summed E-state index contributed by atoms with van der Waals surface area (Å²) in [5, 5.41) is 8.77. The Morgan fingerprint density at radius 2 is 2.00 bits per heavy atom. The minimum Gasteiger partial charge on any atom is -0.395 e. The Kier molecular flexibility index (Phi) is 3.93. The summed E-state index contributed by atoms with van der Waals surface area (Å²) in [6, 6.07) is 3.03. The zero-order valence-electron chi connectivity index (χ0n) is 8.88. The lowest BCUT2D eigenvalue weighted by Gasteiger charge is -2.13. The molecule has 0 spiro atoms. The zero-order chi connectivity index (χ0) is 12.3. The van der Waals surface area contributed by atoms with Gasteiger partial charge in [-0.15, -0.1) is 0 Å². The Hall–Kier alpha value is -1.07. The number of aliphatic hydroxyl groups is 1. The molecule has 5 heteroatoms. The average Bonchev–Trinajstić information content (AvgIpc) is 2.19. The summed E-state index contributed by atoms with van der Waals surface area (Å²) in [4.78, 5) is 0. The zero-order valence-corrected chi connectivity index (χ0v) is 8.88. The largest absolute Gasteiger partial charge is 0.416 e. The van der Waals surface area contributed by atoms with Gasteiger partial charge in [0.25, 0.3) is 0 Å². The van der Waals surface area contributed by atoms with Gasteiger partial charge >= 0.3 is 6.18 Å². The third-order valence-electron chi connectivity index (χ3n) is 2.39. The molecule has 0 aliphatic carbocycles. The van der Waals surface area contributed by atoms with Gasteiger partial charge in [0, 0.05) is 6.04 Å². The van der Waals surface area contributed by atoms with Crippen LogP contribution >= 0.6 is 0 Å². The lowest BCUT2D eigenvalue weighted by atomic mass is 9.99. The highest BCUT2D eigenvalue weighted by atomic mass is 19.4. The van der Waals surface area contributed by atoms with Crippen LogP contribution in [-0.2, 0) is 12.6 Å². The Labute approximate surface area is 91.9 Å². The molecule has 1 rings (SSSR count). The lowest BCUT2D eigenvalue weighted by Crippen LogP contribution is -2.27. The van der Waals surface area contributed by atoms with Crippen molar-refractivity contribution in [2.75, 3.05) is 6.61 Å². The monoisotopic (exact) mass is 233 g/mol. The van der Waals surface area contributed by atoms with E-state index in [0.717, 1.165) is 17.7 Å². The number of aliphatic hydroxyl groups excluding tert-OH is 1. The van der Waals surface area contributed by atoms with Crippen LogP contribution in [0.3, 0.4) is 0 Å². The van der Waals surface area contributed by atoms with Crippen molar-refractivity contribution in [1.82, 2.24) is 0 Å². The van der Waals surface area contributed by atoms with Crippen LogP contribution < -0.4 is 5.73 Å². The van der Waals surface area contributed by atoms with E-state index >= 15 is 0 Å². The SMILES string of the molecule is Cc1ccc(C(F)(F)F)cc1CC(N)CO. The standard InChI is InChI=1S/C11H14F3NO/c1-7-2-3-9(11(12,13)14)4-8(7)5-10(15)6-16/h2-4,10,16H,5-6,15H2,1H3. The topological polar surface area (TPSA) is 46.2 Å². The van der Waals surface area contributed by atoms with Crippen molar-refractivity contribution in [3.63, 3.8) is 0 Å². The second-order valence-electron chi connectivity index (χ2n) is 3.79. The van der Waals surface area contributed by atoms with Crippen LogP contribution in [0.2, 0.25) is 0 Å². The van der Waals surface area contributed by atoms with E-state index in [-0.39, 0.29) is 13.0 Å². The van der Waals surface area contributed by atoms with Gasteiger partial charge in [-0.05, 0) is 36.6 Å². The summed E-state index contributed by atoms with van der Waals surface area (Å²) in [6.07, 6.45) is -4.10. The average molecular weight is 233 g/mol. The molecule has 90 valence electrons. The number of rotatable bonds is 3. The fraction of sp³-hybridized carbons (Fsp3) is 0.455. The second kappa shape index (κ2) is 4.84. The molecule has 0 saturated heterocycles. The molecule has 0 radical (unpaired) electrons. The van der Waals surface area contributed by atoms with Gasteiger partial charge in [-0.25, -0.2) is 0 Å². The first kappa shape index (κ1) is 13.0.